The van der Waals surface area contributed by atoms with E-state index in [1.807, 2.05) is 26.0 Å². The summed E-state index contributed by atoms with van der Waals surface area (Å²) in [4.78, 5) is 13.9. The zero-order valence-corrected chi connectivity index (χ0v) is 11.3. The molecule has 0 aliphatic carbocycles. The molecule has 0 aliphatic rings. The Morgan fingerprint density at radius 3 is 2.05 bits per heavy atom. The Hall–Kier alpha value is -2.29. The van der Waals surface area contributed by atoms with Gasteiger partial charge in [0, 0.05) is 18.3 Å². The van der Waals surface area contributed by atoms with Crippen LogP contribution in [0.2, 0.25) is 0 Å². The van der Waals surface area contributed by atoms with Gasteiger partial charge in [-0.05, 0) is 61.4 Å². The number of aryl methyl sites for hydroxylation is 2. The first-order valence-corrected chi connectivity index (χ1v) is 6.13. The van der Waals surface area contributed by atoms with E-state index in [1.165, 1.54) is 12.1 Å². The quantitative estimate of drug-likeness (QED) is 0.894. The molecule has 0 bridgehead atoms. The summed E-state index contributed by atoms with van der Waals surface area (Å²) in [5, 5.41) is 9.24. The lowest BCUT2D eigenvalue weighted by molar-refractivity contribution is 0.0993. The highest BCUT2D eigenvalue weighted by molar-refractivity contribution is 6.05. The number of phenolic OH excluding ortho intramolecular Hbond substituents is 1. The van der Waals surface area contributed by atoms with E-state index in [0.717, 1.165) is 16.8 Å². The standard InChI is InChI=1S/C16H17NO2/c1-11-8-12(2)10-14(9-11)17(3)16(19)13-4-6-15(18)7-5-13/h4-10,18H,1-3H3. The maximum Gasteiger partial charge on any atom is 0.258 e. The van der Waals surface area contributed by atoms with E-state index < -0.39 is 0 Å². The van der Waals surface area contributed by atoms with Crippen molar-refractivity contribution in [3.8, 4) is 5.75 Å². The van der Waals surface area contributed by atoms with Crippen molar-refractivity contribution < 1.29 is 9.90 Å². The van der Waals surface area contributed by atoms with Crippen LogP contribution in [0.1, 0.15) is 21.5 Å². The first kappa shape index (κ1) is 13.1. The molecule has 0 saturated carbocycles. The van der Waals surface area contributed by atoms with Gasteiger partial charge in [-0.25, -0.2) is 0 Å². The van der Waals surface area contributed by atoms with Gasteiger partial charge < -0.3 is 10.0 Å². The third-order valence-corrected chi connectivity index (χ3v) is 3.01. The molecule has 3 nitrogen and oxygen atoms in total. The summed E-state index contributed by atoms with van der Waals surface area (Å²) in [6.07, 6.45) is 0. The predicted molar refractivity (Wildman–Crippen MR) is 76.8 cm³/mol. The Bertz CT molecular complexity index is 582. The van der Waals surface area contributed by atoms with Crippen molar-refractivity contribution in [3.63, 3.8) is 0 Å². The lowest BCUT2D eigenvalue weighted by Gasteiger charge is -2.18. The van der Waals surface area contributed by atoms with Crippen molar-refractivity contribution in [1.29, 1.82) is 0 Å². The summed E-state index contributed by atoms with van der Waals surface area (Å²) >= 11 is 0. The van der Waals surface area contributed by atoms with Crippen molar-refractivity contribution in [3.05, 3.63) is 59.2 Å². The number of amides is 1. The molecule has 98 valence electrons. The average molecular weight is 255 g/mol. The van der Waals surface area contributed by atoms with Crippen LogP contribution in [0.5, 0.6) is 5.75 Å². The number of rotatable bonds is 2. The molecule has 0 aliphatic heterocycles. The van der Waals surface area contributed by atoms with Crippen LogP contribution < -0.4 is 4.90 Å². The molecule has 0 spiro atoms. The van der Waals surface area contributed by atoms with Gasteiger partial charge in [-0.3, -0.25) is 4.79 Å². The largest absolute Gasteiger partial charge is 0.508 e. The first-order chi connectivity index (χ1) is 8.97. The smallest absolute Gasteiger partial charge is 0.258 e. The minimum atomic E-state index is -0.0926. The second-order valence-corrected chi connectivity index (χ2v) is 4.76. The van der Waals surface area contributed by atoms with E-state index in [2.05, 4.69) is 6.07 Å². The van der Waals surface area contributed by atoms with Gasteiger partial charge in [0.05, 0.1) is 0 Å². The molecular weight excluding hydrogens is 238 g/mol. The first-order valence-electron chi connectivity index (χ1n) is 6.13. The Balaban J connectivity index is 2.30. The van der Waals surface area contributed by atoms with Gasteiger partial charge in [0.2, 0.25) is 0 Å². The fourth-order valence-corrected chi connectivity index (χ4v) is 2.06. The van der Waals surface area contributed by atoms with E-state index in [1.54, 1.807) is 24.1 Å². The third kappa shape index (κ3) is 2.94. The SMILES string of the molecule is Cc1cc(C)cc(N(C)C(=O)c2ccc(O)cc2)c1. The van der Waals surface area contributed by atoms with E-state index in [0.29, 0.717) is 5.56 Å². The lowest BCUT2D eigenvalue weighted by Crippen LogP contribution is -2.26. The van der Waals surface area contributed by atoms with Crippen LogP contribution in [0.25, 0.3) is 0 Å². The lowest BCUT2D eigenvalue weighted by atomic mass is 10.1. The normalized spacial score (nSPS) is 10.3. The topological polar surface area (TPSA) is 40.5 Å². The molecule has 0 aromatic heterocycles. The summed E-state index contributed by atoms with van der Waals surface area (Å²) < 4.78 is 0. The number of aromatic hydroxyl groups is 1. The number of phenols is 1. The van der Waals surface area contributed by atoms with Gasteiger partial charge in [0.1, 0.15) is 5.75 Å². The third-order valence-electron chi connectivity index (χ3n) is 3.01. The Labute approximate surface area is 113 Å². The van der Waals surface area contributed by atoms with Crippen LogP contribution >= 0.6 is 0 Å². The summed E-state index contributed by atoms with van der Waals surface area (Å²) in [6.45, 7) is 4.02. The van der Waals surface area contributed by atoms with Crippen molar-refractivity contribution >= 4 is 11.6 Å². The van der Waals surface area contributed by atoms with Crippen LogP contribution in [0.15, 0.2) is 42.5 Å². The number of anilines is 1. The van der Waals surface area contributed by atoms with E-state index in [4.69, 9.17) is 0 Å². The van der Waals surface area contributed by atoms with Crippen molar-refractivity contribution in [1.82, 2.24) is 0 Å². The Morgan fingerprint density at radius 1 is 1.00 bits per heavy atom. The van der Waals surface area contributed by atoms with Crippen molar-refractivity contribution in [2.45, 2.75) is 13.8 Å². The summed E-state index contributed by atoms with van der Waals surface area (Å²) in [7, 11) is 1.75. The van der Waals surface area contributed by atoms with Crippen LogP contribution in [0.4, 0.5) is 5.69 Å². The van der Waals surface area contributed by atoms with E-state index >= 15 is 0 Å². The maximum atomic E-state index is 12.3. The molecular formula is C16H17NO2. The van der Waals surface area contributed by atoms with Gasteiger partial charge in [-0.1, -0.05) is 6.07 Å². The molecule has 0 fully saturated rings. The van der Waals surface area contributed by atoms with Gasteiger partial charge in [0.15, 0.2) is 0 Å². The molecule has 0 heterocycles. The number of hydrogen-bond donors (Lipinski definition) is 1. The van der Waals surface area contributed by atoms with Crippen LogP contribution in [-0.2, 0) is 0 Å². The molecule has 0 atom stereocenters. The average Bonchev–Trinajstić information content (AvgIpc) is 2.37. The number of nitrogens with zero attached hydrogens (tertiary/aromatic N) is 1. The number of carbonyl (C=O) groups excluding carboxylic acids is 1. The molecule has 3 heteroatoms. The summed E-state index contributed by atoms with van der Waals surface area (Å²) in [6, 6.07) is 12.3. The van der Waals surface area contributed by atoms with Gasteiger partial charge in [0.25, 0.3) is 5.91 Å². The van der Waals surface area contributed by atoms with Gasteiger partial charge >= 0.3 is 0 Å². The molecule has 2 aromatic rings. The summed E-state index contributed by atoms with van der Waals surface area (Å²) in [5.41, 5.74) is 3.68. The van der Waals surface area contributed by atoms with Crippen LogP contribution in [0, 0.1) is 13.8 Å². The van der Waals surface area contributed by atoms with E-state index in [9.17, 15) is 9.90 Å². The van der Waals surface area contributed by atoms with E-state index in [-0.39, 0.29) is 11.7 Å². The van der Waals surface area contributed by atoms with Crippen molar-refractivity contribution in [2.75, 3.05) is 11.9 Å². The fourth-order valence-electron chi connectivity index (χ4n) is 2.06. The number of carbonyl (C=O) groups is 1. The van der Waals surface area contributed by atoms with Crippen molar-refractivity contribution in [2.24, 2.45) is 0 Å². The number of benzene rings is 2. The van der Waals surface area contributed by atoms with Gasteiger partial charge in [-0.15, -0.1) is 0 Å². The zero-order chi connectivity index (χ0) is 14.0. The number of hydrogen-bond acceptors (Lipinski definition) is 2. The monoisotopic (exact) mass is 255 g/mol. The molecule has 0 saturated heterocycles. The molecule has 2 rings (SSSR count). The van der Waals surface area contributed by atoms with Crippen LogP contribution in [0.3, 0.4) is 0 Å². The second-order valence-electron chi connectivity index (χ2n) is 4.76. The molecule has 1 N–H and O–H groups in total. The Morgan fingerprint density at radius 2 is 1.53 bits per heavy atom. The highest BCUT2D eigenvalue weighted by Gasteiger charge is 2.13. The molecule has 0 unspecified atom stereocenters. The molecule has 19 heavy (non-hydrogen) atoms. The minimum Gasteiger partial charge on any atom is -0.508 e. The molecule has 0 radical (unpaired) electrons. The molecule has 1 amide bonds. The predicted octanol–water partition coefficient (Wildman–Crippen LogP) is 3.29. The second kappa shape index (κ2) is 5.14. The maximum absolute atomic E-state index is 12.3. The highest BCUT2D eigenvalue weighted by Crippen LogP contribution is 2.20. The fraction of sp³-hybridized carbons (Fsp3) is 0.188. The molecule has 2 aromatic carbocycles. The zero-order valence-electron chi connectivity index (χ0n) is 11.3. The summed E-state index contributed by atoms with van der Waals surface area (Å²) in [5.74, 6) is 0.0654. The highest BCUT2D eigenvalue weighted by atomic mass is 16.3. The van der Waals surface area contributed by atoms with Crippen LogP contribution in [-0.4, -0.2) is 18.1 Å². The Kier molecular flexibility index (Phi) is 3.56. The minimum absolute atomic E-state index is 0.0926. The van der Waals surface area contributed by atoms with Gasteiger partial charge in [-0.2, -0.15) is 0 Å².